The Hall–Kier alpha value is -2.67. The smallest absolute Gasteiger partial charge is 0.240 e. The van der Waals surface area contributed by atoms with Crippen LogP contribution in [-0.4, -0.2) is 41.0 Å². The molecule has 6 nitrogen and oxygen atoms in total. The quantitative estimate of drug-likeness (QED) is 0.635. The van der Waals surface area contributed by atoms with Crippen molar-refractivity contribution in [3.05, 3.63) is 78.1 Å². The van der Waals surface area contributed by atoms with E-state index in [1.54, 1.807) is 6.20 Å². The fourth-order valence-electron chi connectivity index (χ4n) is 3.65. The van der Waals surface area contributed by atoms with Crippen LogP contribution in [0.5, 0.6) is 0 Å². The van der Waals surface area contributed by atoms with E-state index in [1.165, 1.54) is 5.56 Å². The zero-order valence-electron chi connectivity index (χ0n) is 17.0. The van der Waals surface area contributed by atoms with Gasteiger partial charge in [-0.15, -0.1) is 12.4 Å². The van der Waals surface area contributed by atoms with Crippen LogP contribution >= 0.6 is 12.4 Å². The molecule has 0 bridgehead atoms. The van der Waals surface area contributed by atoms with Crippen LogP contribution in [0.4, 0.5) is 0 Å². The molecule has 0 unspecified atom stereocenters. The van der Waals surface area contributed by atoms with Crippen molar-refractivity contribution >= 4 is 18.3 Å². The minimum absolute atomic E-state index is 0. The zero-order valence-corrected chi connectivity index (χ0v) is 17.8. The summed E-state index contributed by atoms with van der Waals surface area (Å²) in [5.41, 5.74) is 4.54. The molecule has 0 spiro atoms. The topological polar surface area (TPSA) is 68.2 Å². The number of hydrogen-bond donors (Lipinski definition) is 2. The third-order valence-electron chi connectivity index (χ3n) is 5.24. The van der Waals surface area contributed by atoms with Crippen LogP contribution in [0.3, 0.4) is 0 Å². The number of nitrogens with one attached hydrogen (secondary N) is 2. The molecule has 2 N–H and O–H groups in total. The fourth-order valence-corrected chi connectivity index (χ4v) is 3.65. The molecule has 1 aliphatic rings. The van der Waals surface area contributed by atoms with E-state index in [0.29, 0.717) is 19.7 Å². The first-order valence-electron chi connectivity index (χ1n) is 9.98. The lowest BCUT2D eigenvalue weighted by Gasteiger charge is -2.29. The number of carbonyl (C=O) groups is 1. The van der Waals surface area contributed by atoms with E-state index in [2.05, 4.69) is 52.1 Å². The van der Waals surface area contributed by atoms with Crippen LogP contribution in [0.15, 0.2) is 67.0 Å². The van der Waals surface area contributed by atoms with Gasteiger partial charge in [0, 0.05) is 25.5 Å². The summed E-state index contributed by atoms with van der Waals surface area (Å²) in [5, 5.41) is 10.5. The third-order valence-corrected chi connectivity index (χ3v) is 5.24. The van der Waals surface area contributed by atoms with Crippen molar-refractivity contribution in [3.8, 4) is 11.1 Å². The molecule has 1 aromatic heterocycles. The standard InChI is InChI=1S/C23H26N4O2.ClH/c1-17-22(24-12-14-29-17)23(28)25-15-20-5-2-3-6-21(20)19-9-7-18(8-10-19)16-27-13-4-11-26-27;/h2-11,13,17,22,24H,12,14-16H2,1H3,(H,25,28);1H/t17-,22+;/m1./s1. The number of carbonyl (C=O) groups excluding carboxylic acids is 1. The van der Waals surface area contributed by atoms with Gasteiger partial charge in [0.1, 0.15) is 6.04 Å². The molecule has 0 radical (unpaired) electrons. The molecule has 158 valence electrons. The highest BCUT2D eigenvalue weighted by molar-refractivity contribution is 5.85. The number of benzene rings is 2. The fraction of sp³-hybridized carbons (Fsp3) is 0.304. The van der Waals surface area contributed by atoms with Crippen molar-refractivity contribution in [2.45, 2.75) is 32.2 Å². The van der Waals surface area contributed by atoms with E-state index in [-0.39, 0.29) is 30.5 Å². The summed E-state index contributed by atoms with van der Waals surface area (Å²) in [6, 6.07) is 18.3. The summed E-state index contributed by atoms with van der Waals surface area (Å²) >= 11 is 0. The number of halogens is 1. The lowest BCUT2D eigenvalue weighted by Crippen LogP contribution is -2.55. The predicted octanol–water partition coefficient (Wildman–Crippen LogP) is 3.01. The predicted molar refractivity (Wildman–Crippen MR) is 120 cm³/mol. The highest BCUT2D eigenvalue weighted by Gasteiger charge is 2.28. The van der Waals surface area contributed by atoms with Crippen LogP contribution in [0.1, 0.15) is 18.1 Å². The Bertz CT molecular complexity index is 944. The Balaban J connectivity index is 0.00000256. The number of amides is 1. The van der Waals surface area contributed by atoms with Gasteiger partial charge in [0.2, 0.25) is 5.91 Å². The molecule has 30 heavy (non-hydrogen) atoms. The molecule has 2 heterocycles. The zero-order chi connectivity index (χ0) is 20.1. The molecular formula is C23H27ClN4O2. The van der Waals surface area contributed by atoms with E-state index < -0.39 is 0 Å². The second-order valence-corrected chi connectivity index (χ2v) is 7.28. The molecule has 1 saturated heterocycles. The molecule has 3 aromatic rings. The van der Waals surface area contributed by atoms with Crippen molar-refractivity contribution in [1.29, 1.82) is 0 Å². The normalized spacial score (nSPS) is 18.4. The Labute approximate surface area is 183 Å². The van der Waals surface area contributed by atoms with E-state index in [1.807, 2.05) is 36.0 Å². The molecule has 2 atom stereocenters. The van der Waals surface area contributed by atoms with Crippen LogP contribution in [0.2, 0.25) is 0 Å². The number of aromatic nitrogens is 2. The number of ether oxygens (including phenoxy) is 1. The van der Waals surface area contributed by atoms with Gasteiger partial charge in [-0.05, 0) is 35.2 Å². The maximum atomic E-state index is 12.6. The Morgan fingerprint density at radius 3 is 2.73 bits per heavy atom. The van der Waals surface area contributed by atoms with Crippen molar-refractivity contribution in [3.63, 3.8) is 0 Å². The second kappa shape index (κ2) is 10.4. The van der Waals surface area contributed by atoms with Gasteiger partial charge in [-0.1, -0.05) is 48.5 Å². The second-order valence-electron chi connectivity index (χ2n) is 7.28. The molecular weight excluding hydrogens is 400 g/mol. The van der Waals surface area contributed by atoms with Crippen molar-refractivity contribution < 1.29 is 9.53 Å². The van der Waals surface area contributed by atoms with Gasteiger partial charge in [0.25, 0.3) is 0 Å². The Morgan fingerprint density at radius 1 is 1.20 bits per heavy atom. The van der Waals surface area contributed by atoms with Crippen molar-refractivity contribution in [1.82, 2.24) is 20.4 Å². The van der Waals surface area contributed by atoms with Gasteiger partial charge in [-0.3, -0.25) is 9.48 Å². The first kappa shape index (κ1) is 22.0. The lowest BCUT2D eigenvalue weighted by molar-refractivity contribution is -0.129. The van der Waals surface area contributed by atoms with Crippen LogP contribution in [0, 0.1) is 0 Å². The summed E-state index contributed by atoms with van der Waals surface area (Å²) in [5.74, 6) is -0.0263. The first-order chi connectivity index (χ1) is 14.2. The minimum Gasteiger partial charge on any atom is -0.375 e. The number of rotatable bonds is 6. The van der Waals surface area contributed by atoms with Gasteiger partial charge in [-0.25, -0.2) is 0 Å². The monoisotopic (exact) mass is 426 g/mol. The highest BCUT2D eigenvalue weighted by atomic mass is 35.5. The largest absolute Gasteiger partial charge is 0.375 e. The van der Waals surface area contributed by atoms with E-state index >= 15 is 0 Å². The van der Waals surface area contributed by atoms with Crippen LogP contribution in [0.25, 0.3) is 11.1 Å². The molecule has 0 saturated carbocycles. The Morgan fingerprint density at radius 2 is 2.00 bits per heavy atom. The molecule has 0 aliphatic carbocycles. The van der Waals surface area contributed by atoms with Crippen molar-refractivity contribution in [2.75, 3.05) is 13.2 Å². The van der Waals surface area contributed by atoms with Gasteiger partial charge < -0.3 is 15.4 Å². The van der Waals surface area contributed by atoms with E-state index in [4.69, 9.17) is 4.74 Å². The van der Waals surface area contributed by atoms with Gasteiger partial charge in [0.15, 0.2) is 0 Å². The highest BCUT2D eigenvalue weighted by Crippen LogP contribution is 2.24. The summed E-state index contributed by atoms with van der Waals surface area (Å²) in [4.78, 5) is 12.6. The van der Waals surface area contributed by atoms with Crippen LogP contribution in [-0.2, 0) is 22.6 Å². The van der Waals surface area contributed by atoms with Gasteiger partial charge in [-0.2, -0.15) is 5.10 Å². The molecule has 1 fully saturated rings. The minimum atomic E-state index is -0.308. The van der Waals surface area contributed by atoms with Gasteiger partial charge in [0.05, 0.1) is 19.3 Å². The molecule has 2 aromatic carbocycles. The maximum absolute atomic E-state index is 12.6. The average Bonchev–Trinajstić information content (AvgIpc) is 3.26. The lowest BCUT2D eigenvalue weighted by atomic mass is 9.98. The maximum Gasteiger partial charge on any atom is 0.240 e. The van der Waals surface area contributed by atoms with E-state index in [9.17, 15) is 4.79 Å². The Kier molecular flexibility index (Phi) is 7.63. The first-order valence-corrected chi connectivity index (χ1v) is 9.98. The van der Waals surface area contributed by atoms with Crippen LogP contribution < -0.4 is 10.6 Å². The summed E-state index contributed by atoms with van der Waals surface area (Å²) in [6.07, 6.45) is 3.62. The summed E-state index contributed by atoms with van der Waals surface area (Å²) in [7, 11) is 0. The summed E-state index contributed by atoms with van der Waals surface area (Å²) < 4.78 is 7.48. The molecule has 4 rings (SSSR count). The van der Waals surface area contributed by atoms with Crippen molar-refractivity contribution in [2.24, 2.45) is 0 Å². The molecule has 7 heteroatoms. The molecule has 1 aliphatic heterocycles. The van der Waals surface area contributed by atoms with E-state index in [0.717, 1.165) is 23.2 Å². The number of morpholine rings is 1. The number of hydrogen-bond acceptors (Lipinski definition) is 4. The average molecular weight is 427 g/mol. The SMILES string of the molecule is C[C@H]1OCCN[C@@H]1C(=O)NCc1ccccc1-c1ccc(Cn2cccn2)cc1.Cl. The summed E-state index contributed by atoms with van der Waals surface area (Å²) in [6.45, 7) is 4.50. The number of nitrogens with zero attached hydrogens (tertiary/aromatic N) is 2. The molecule has 1 amide bonds. The van der Waals surface area contributed by atoms with Gasteiger partial charge >= 0.3 is 0 Å². The third kappa shape index (κ3) is 5.27.